The smallest absolute Gasteiger partial charge is 0.214 e. The molecule has 0 aliphatic carbocycles. The van der Waals surface area contributed by atoms with Gasteiger partial charge < -0.3 is 4.74 Å². The van der Waals surface area contributed by atoms with Crippen LogP contribution in [0.3, 0.4) is 0 Å². The normalized spacial score (nSPS) is 10.1. The summed E-state index contributed by atoms with van der Waals surface area (Å²) in [5, 5.41) is 1.00. The molecule has 2 nitrogen and oxygen atoms in total. The van der Waals surface area contributed by atoms with E-state index in [0.29, 0.717) is 18.4 Å². The topological polar surface area (TPSA) is 22.1 Å². The van der Waals surface area contributed by atoms with Gasteiger partial charge in [0.1, 0.15) is 5.03 Å². The zero-order valence-corrected chi connectivity index (χ0v) is 9.77. The van der Waals surface area contributed by atoms with Crippen LogP contribution in [0, 0.1) is 0 Å². The minimum atomic E-state index is 0.656. The highest BCUT2D eigenvalue weighted by molar-refractivity contribution is 7.99. The monoisotopic (exact) mass is 231 g/mol. The van der Waals surface area contributed by atoms with E-state index in [1.165, 1.54) is 0 Å². The number of nitrogens with zero attached hydrogens (tertiary/aromatic N) is 1. The SMILES string of the molecule is CCOc1cccc(SCCCCl)n1. The Hall–Kier alpha value is -0.410. The van der Waals surface area contributed by atoms with Crippen LogP contribution in [0.5, 0.6) is 5.88 Å². The molecule has 1 aromatic heterocycles. The zero-order chi connectivity index (χ0) is 10.2. The number of rotatable bonds is 6. The van der Waals surface area contributed by atoms with Gasteiger partial charge in [-0.3, -0.25) is 0 Å². The molecule has 0 aliphatic rings. The highest BCUT2D eigenvalue weighted by Crippen LogP contribution is 2.19. The van der Waals surface area contributed by atoms with Crippen LogP contribution in [-0.2, 0) is 0 Å². The Bertz CT molecular complexity index is 270. The second-order valence-electron chi connectivity index (χ2n) is 2.64. The molecule has 78 valence electrons. The van der Waals surface area contributed by atoms with Crippen molar-refractivity contribution < 1.29 is 4.74 Å². The lowest BCUT2D eigenvalue weighted by atomic mass is 10.5. The van der Waals surface area contributed by atoms with Crippen molar-refractivity contribution >= 4 is 23.4 Å². The Kier molecular flexibility index (Phi) is 5.80. The second kappa shape index (κ2) is 6.96. The lowest BCUT2D eigenvalue weighted by molar-refractivity contribution is 0.324. The molecule has 1 heterocycles. The molecule has 0 amide bonds. The van der Waals surface area contributed by atoms with Crippen LogP contribution in [0.1, 0.15) is 13.3 Å². The van der Waals surface area contributed by atoms with Gasteiger partial charge in [0.2, 0.25) is 5.88 Å². The van der Waals surface area contributed by atoms with Gasteiger partial charge in [0.05, 0.1) is 6.61 Å². The molecule has 0 saturated carbocycles. The van der Waals surface area contributed by atoms with Crippen molar-refractivity contribution in [1.82, 2.24) is 4.98 Å². The summed E-state index contributed by atoms with van der Waals surface area (Å²) in [6.45, 7) is 2.61. The summed E-state index contributed by atoms with van der Waals surface area (Å²) in [4.78, 5) is 4.33. The van der Waals surface area contributed by atoms with E-state index in [4.69, 9.17) is 16.3 Å². The van der Waals surface area contributed by atoms with Crippen molar-refractivity contribution in [2.24, 2.45) is 0 Å². The van der Waals surface area contributed by atoms with Crippen LogP contribution in [0.4, 0.5) is 0 Å². The first kappa shape index (κ1) is 11.7. The van der Waals surface area contributed by atoms with E-state index in [1.54, 1.807) is 11.8 Å². The van der Waals surface area contributed by atoms with Gasteiger partial charge in [-0.15, -0.1) is 23.4 Å². The predicted octanol–water partition coefficient (Wildman–Crippen LogP) is 3.20. The van der Waals surface area contributed by atoms with Gasteiger partial charge in [-0.05, 0) is 19.4 Å². The third kappa shape index (κ3) is 4.20. The number of ether oxygens (including phenoxy) is 1. The fraction of sp³-hybridized carbons (Fsp3) is 0.500. The number of aromatic nitrogens is 1. The molecule has 0 N–H and O–H groups in total. The summed E-state index contributed by atoms with van der Waals surface area (Å²) in [7, 11) is 0. The molecule has 0 saturated heterocycles. The van der Waals surface area contributed by atoms with Crippen molar-refractivity contribution in [3.05, 3.63) is 18.2 Å². The molecular formula is C10H14ClNOS. The predicted molar refractivity (Wildman–Crippen MR) is 61.5 cm³/mol. The van der Waals surface area contributed by atoms with Crippen molar-refractivity contribution in [2.75, 3.05) is 18.2 Å². The van der Waals surface area contributed by atoms with Crippen LogP contribution in [0.15, 0.2) is 23.2 Å². The van der Waals surface area contributed by atoms with Gasteiger partial charge in [-0.1, -0.05) is 6.07 Å². The highest BCUT2D eigenvalue weighted by Gasteiger charge is 1.98. The fourth-order valence-electron chi connectivity index (χ4n) is 0.936. The minimum Gasteiger partial charge on any atom is -0.478 e. The molecule has 0 radical (unpaired) electrons. The molecule has 0 bridgehead atoms. The van der Waals surface area contributed by atoms with Gasteiger partial charge in [0.15, 0.2) is 0 Å². The quantitative estimate of drug-likeness (QED) is 0.427. The van der Waals surface area contributed by atoms with Crippen LogP contribution in [-0.4, -0.2) is 23.2 Å². The van der Waals surface area contributed by atoms with E-state index < -0.39 is 0 Å². The van der Waals surface area contributed by atoms with Crippen LogP contribution < -0.4 is 4.74 Å². The first-order valence-corrected chi connectivity index (χ1v) is 6.17. The van der Waals surface area contributed by atoms with Crippen LogP contribution in [0.2, 0.25) is 0 Å². The number of halogens is 1. The second-order valence-corrected chi connectivity index (χ2v) is 4.13. The van der Waals surface area contributed by atoms with E-state index in [0.717, 1.165) is 17.2 Å². The Morgan fingerprint density at radius 2 is 2.36 bits per heavy atom. The van der Waals surface area contributed by atoms with Gasteiger partial charge in [0, 0.05) is 17.7 Å². The van der Waals surface area contributed by atoms with Crippen molar-refractivity contribution in [1.29, 1.82) is 0 Å². The molecule has 1 rings (SSSR count). The summed E-state index contributed by atoms with van der Waals surface area (Å²) in [5.41, 5.74) is 0. The number of alkyl halides is 1. The van der Waals surface area contributed by atoms with Gasteiger partial charge in [-0.2, -0.15) is 0 Å². The number of hydrogen-bond donors (Lipinski definition) is 0. The van der Waals surface area contributed by atoms with E-state index in [1.807, 2.05) is 25.1 Å². The number of thioether (sulfide) groups is 1. The lowest BCUT2D eigenvalue weighted by Gasteiger charge is -2.03. The Balaban J connectivity index is 2.46. The summed E-state index contributed by atoms with van der Waals surface area (Å²) in [6.07, 6.45) is 1.01. The molecule has 0 aliphatic heterocycles. The van der Waals surface area contributed by atoms with E-state index in [-0.39, 0.29) is 0 Å². The maximum atomic E-state index is 5.59. The fourth-order valence-corrected chi connectivity index (χ4v) is 2.06. The molecule has 0 aromatic carbocycles. The Labute approximate surface area is 94.0 Å². The Morgan fingerprint density at radius 3 is 3.07 bits per heavy atom. The molecule has 0 spiro atoms. The van der Waals surface area contributed by atoms with Crippen molar-refractivity contribution in [3.8, 4) is 5.88 Å². The van der Waals surface area contributed by atoms with E-state index >= 15 is 0 Å². The molecular weight excluding hydrogens is 218 g/mol. The summed E-state index contributed by atoms with van der Waals surface area (Å²) >= 11 is 7.30. The maximum Gasteiger partial charge on any atom is 0.214 e. The highest BCUT2D eigenvalue weighted by atomic mass is 35.5. The van der Waals surface area contributed by atoms with Gasteiger partial charge >= 0.3 is 0 Å². The van der Waals surface area contributed by atoms with Crippen LogP contribution in [0.25, 0.3) is 0 Å². The molecule has 0 fully saturated rings. The molecule has 1 aromatic rings. The molecule has 4 heteroatoms. The minimum absolute atomic E-state index is 0.656. The van der Waals surface area contributed by atoms with Crippen molar-refractivity contribution in [3.63, 3.8) is 0 Å². The largest absolute Gasteiger partial charge is 0.478 e. The zero-order valence-electron chi connectivity index (χ0n) is 8.20. The Morgan fingerprint density at radius 1 is 1.50 bits per heavy atom. The third-order valence-corrected chi connectivity index (χ3v) is 2.80. The molecule has 14 heavy (non-hydrogen) atoms. The molecule has 0 atom stereocenters. The van der Waals surface area contributed by atoms with E-state index in [2.05, 4.69) is 4.98 Å². The maximum absolute atomic E-state index is 5.59. The third-order valence-electron chi connectivity index (χ3n) is 1.52. The van der Waals surface area contributed by atoms with Gasteiger partial charge in [-0.25, -0.2) is 4.98 Å². The van der Waals surface area contributed by atoms with Crippen LogP contribution >= 0.6 is 23.4 Å². The van der Waals surface area contributed by atoms with Crippen molar-refractivity contribution in [2.45, 2.75) is 18.4 Å². The average molecular weight is 232 g/mol. The summed E-state index contributed by atoms with van der Waals surface area (Å²) in [6, 6.07) is 5.82. The van der Waals surface area contributed by atoms with Gasteiger partial charge in [0.25, 0.3) is 0 Å². The first-order valence-electron chi connectivity index (χ1n) is 4.65. The molecule has 0 unspecified atom stereocenters. The lowest BCUT2D eigenvalue weighted by Crippen LogP contribution is -1.94. The number of hydrogen-bond acceptors (Lipinski definition) is 3. The standard InChI is InChI=1S/C10H14ClNOS/c1-2-13-9-5-3-6-10(12-9)14-8-4-7-11/h3,5-6H,2,4,7-8H2,1H3. The number of pyridine rings is 1. The first-order chi connectivity index (χ1) is 6.86. The summed E-state index contributed by atoms with van der Waals surface area (Å²) < 4.78 is 5.30. The average Bonchev–Trinajstić information content (AvgIpc) is 2.19. The van der Waals surface area contributed by atoms with E-state index in [9.17, 15) is 0 Å². The summed E-state index contributed by atoms with van der Waals surface area (Å²) in [5.74, 6) is 2.41.